The van der Waals surface area contributed by atoms with Crippen molar-refractivity contribution in [3.05, 3.63) is 0 Å². The first kappa shape index (κ1) is 39.8. The molecule has 8 N–H and O–H groups in total. The third kappa shape index (κ3) is 13.4. The molecule has 0 aromatic rings. The Labute approximate surface area is 272 Å². The van der Waals surface area contributed by atoms with Gasteiger partial charge in [-0.05, 0) is 62.2 Å². The number of thiol groups is 1. The van der Waals surface area contributed by atoms with Gasteiger partial charge in [-0.2, -0.15) is 36.2 Å². The fraction of sp³-hybridized carbons (Fsp3) is 0.778. The summed E-state index contributed by atoms with van der Waals surface area (Å²) in [6, 6.07) is -6.22. The molecule has 0 aliphatic carbocycles. The van der Waals surface area contributed by atoms with Crippen LogP contribution in [0.1, 0.15) is 46.0 Å². The number of thioether (sulfide) groups is 2. The number of carbonyl (C=O) groups excluding carboxylic acids is 5. The Balaban J connectivity index is 3.02. The molecule has 14 nitrogen and oxygen atoms in total. The van der Waals surface area contributed by atoms with Gasteiger partial charge in [-0.3, -0.25) is 24.0 Å². The molecule has 1 heterocycles. The highest BCUT2D eigenvalue weighted by molar-refractivity contribution is 7.98. The van der Waals surface area contributed by atoms with Crippen LogP contribution in [-0.4, -0.2) is 125 Å². The molecular weight excluding hydrogens is 633 g/mol. The van der Waals surface area contributed by atoms with Crippen LogP contribution in [-0.2, 0) is 28.8 Å². The summed E-state index contributed by atoms with van der Waals surface area (Å²) in [6.07, 6.45) is 6.12. The van der Waals surface area contributed by atoms with Crippen molar-refractivity contribution < 1.29 is 39.0 Å². The predicted octanol–water partition coefficient (Wildman–Crippen LogP) is -1.28. The third-order valence-corrected chi connectivity index (χ3v) is 8.92. The highest BCUT2D eigenvalue weighted by Crippen LogP contribution is 2.12. The van der Waals surface area contributed by atoms with Gasteiger partial charge in [0.1, 0.15) is 30.2 Å². The molecule has 0 bridgehead atoms. The Morgan fingerprint density at radius 2 is 1.34 bits per heavy atom. The van der Waals surface area contributed by atoms with Gasteiger partial charge in [-0.15, -0.1) is 0 Å². The number of aliphatic hydroxyl groups is 1. The fourth-order valence-electron chi connectivity index (χ4n) is 4.33. The molecule has 1 rings (SSSR count). The Bertz CT molecular complexity index is 972. The van der Waals surface area contributed by atoms with Crippen LogP contribution in [0, 0.1) is 5.92 Å². The number of amides is 5. The minimum atomic E-state index is -1.46. The maximum Gasteiger partial charge on any atom is 0.327 e. The van der Waals surface area contributed by atoms with E-state index in [1.54, 1.807) is 6.26 Å². The van der Waals surface area contributed by atoms with E-state index in [1.807, 2.05) is 20.1 Å². The van der Waals surface area contributed by atoms with E-state index in [1.165, 1.54) is 23.5 Å². The lowest BCUT2D eigenvalue weighted by atomic mass is 9.97. The first-order chi connectivity index (χ1) is 20.9. The minimum Gasteiger partial charge on any atom is -0.480 e. The maximum absolute atomic E-state index is 13.4. The molecule has 0 aromatic heterocycles. The lowest BCUT2D eigenvalue weighted by Gasteiger charge is -2.28. The highest BCUT2D eigenvalue weighted by Gasteiger charge is 2.34. The quantitative estimate of drug-likeness (QED) is 0.0651. The summed E-state index contributed by atoms with van der Waals surface area (Å²) in [7, 11) is 0. The summed E-state index contributed by atoms with van der Waals surface area (Å²) >= 11 is 6.79. The number of aliphatic hydroxyl groups excluding tert-OH is 1. The second-order valence-electron chi connectivity index (χ2n) is 10.5. The van der Waals surface area contributed by atoms with Crippen molar-refractivity contribution >= 4 is 71.7 Å². The van der Waals surface area contributed by atoms with Crippen LogP contribution in [0.15, 0.2) is 0 Å². The topological polar surface area (TPSA) is 215 Å². The number of carboxylic acids is 1. The van der Waals surface area contributed by atoms with Crippen LogP contribution in [0.5, 0.6) is 0 Å². The number of nitrogens with one attached hydrogen (secondary N) is 6. The molecule has 252 valence electrons. The van der Waals surface area contributed by atoms with Crippen LogP contribution in [0.2, 0.25) is 0 Å². The van der Waals surface area contributed by atoms with Crippen LogP contribution in [0.25, 0.3) is 0 Å². The van der Waals surface area contributed by atoms with Gasteiger partial charge in [0.25, 0.3) is 0 Å². The molecule has 1 saturated heterocycles. The smallest absolute Gasteiger partial charge is 0.327 e. The number of carbonyl (C=O) groups is 6. The molecule has 1 aliphatic rings. The number of hydrogen-bond donors (Lipinski definition) is 9. The van der Waals surface area contributed by atoms with Crippen LogP contribution >= 0.6 is 36.2 Å². The van der Waals surface area contributed by atoms with Crippen LogP contribution in [0.3, 0.4) is 0 Å². The van der Waals surface area contributed by atoms with Gasteiger partial charge < -0.3 is 42.1 Å². The fourth-order valence-corrected chi connectivity index (χ4v) is 5.52. The van der Waals surface area contributed by atoms with Crippen molar-refractivity contribution in [3.63, 3.8) is 0 Å². The van der Waals surface area contributed by atoms with E-state index in [4.69, 9.17) is 0 Å². The van der Waals surface area contributed by atoms with E-state index < -0.39 is 66.4 Å². The first-order valence-corrected chi connectivity index (χ1v) is 18.0. The molecule has 0 saturated carbocycles. The molecule has 1 fully saturated rings. The third-order valence-electron chi connectivity index (χ3n) is 7.27. The molecule has 1 aliphatic heterocycles. The van der Waals surface area contributed by atoms with Crippen molar-refractivity contribution in [2.45, 2.75) is 82.2 Å². The summed E-state index contributed by atoms with van der Waals surface area (Å²) < 4.78 is 0. The average Bonchev–Trinajstić information content (AvgIpc) is 3.55. The molecule has 44 heavy (non-hydrogen) atoms. The van der Waals surface area contributed by atoms with E-state index in [9.17, 15) is 39.0 Å². The predicted molar refractivity (Wildman–Crippen MR) is 175 cm³/mol. The zero-order valence-corrected chi connectivity index (χ0v) is 28.2. The van der Waals surface area contributed by atoms with E-state index in [-0.39, 0.29) is 36.5 Å². The van der Waals surface area contributed by atoms with E-state index in [2.05, 4.69) is 44.5 Å². The van der Waals surface area contributed by atoms with Gasteiger partial charge >= 0.3 is 5.97 Å². The zero-order chi connectivity index (χ0) is 33.2. The summed E-state index contributed by atoms with van der Waals surface area (Å²) in [5, 5.41) is 35.1. The molecular formula is C27H48N6O8S3. The highest BCUT2D eigenvalue weighted by atomic mass is 32.2. The van der Waals surface area contributed by atoms with Crippen molar-refractivity contribution in [2.75, 3.05) is 42.9 Å². The SMILES string of the molecule is CC[C@H](C)[C@H](NC(=O)[C@@H]1CCCN1)C(=O)N[C@@H](CCSC)C(=O)N[C@@H](CO)C(=O)N[C@@H](CCSC)C(=O)N[C@@H](CS)C(=O)O. The van der Waals surface area contributed by atoms with Crippen molar-refractivity contribution in [2.24, 2.45) is 5.92 Å². The second kappa shape index (κ2) is 21.5. The minimum absolute atomic E-state index is 0.162. The van der Waals surface area contributed by atoms with Gasteiger partial charge in [0.05, 0.1) is 12.6 Å². The first-order valence-electron chi connectivity index (χ1n) is 14.6. The summed E-state index contributed by atoms with van der Waals surface area (Å²) in [6.45, 7) is 3.64. The Morgan fingerprint density at radius 3 is 1.77 bits per heavy atom. The summed E-state index contributed by atoms with van der Waals surface area (Å²) in [5.74, 6) is -3.87. The molecule has 5 amide bonds. The normalized spacial score (nSPS) is 18.5. The molecule has 0 unspecified atom stereocenters. The molecule has 7 atom stereocenters. The zero-order valence-electron chi connectivity index (χ0n) is 25.7. The van der Waals surface area contributed by atoms with Crippen LogP contribution < -0.4 is 31.9 Å². The standard InChI is InChI=1S/C27H48N6O8S3/c1-5-15(2)21(33-22(35)16-7-6-10-28-16)26(39)30-18(9-12-44-4)23(36)31-19(13-34)25(38)29-17(8-11-43-3)24(37)32-20(14-42)27(40)41/h15-21,28,34,42H,5-14H2,1-4H3,(H,29,38)(H,30,39)(H,31,36)(H,32,37)(H,33,35)(H,40,41)/t15-,16-,17-,18-,19-,20-,21-/m0/s1. The van der Waals surface area contributed by atoms with Crippen molar-refractivity contribution in [3.8, 4) is 0 Å². The number of carboxylic acid groups (broad SMARTS) is 1. The monoisotopic (exact) mass is 680 g/mol. The number of aliphatic carboxylic acids is 1. The van der Waals surface area contributed by atoms with Crippen molar-refractivity contribution in [1.29, 1.82) is 0 Å². The van der Waals surface area contributed by atoms with Gasteiger partial charge in [-0.25, -0.2) is 4.79 Å². The van der Waals surface area contributed by atoms with Crippen molar-refractivity contribution in [1.82, 2.24) is 31.9 Å². The Morgan fingerprint density at radius 1 is 0.841 bits per heavy atom. The van der Waals surface area contributed by atoms with Gasteiger partial charge in [0.15, 0.2) is 0 Å². The summed E-state index contributed by atoms with van der Waals surface area (Å²) in [5.41, 5.74) is 0. The maximum atomic E-state index is 13.4. The Hall–Kier alpha value is -2.21. The van der Waals surface area contributed by atoms with Gasteiger partial charge in [0.2, 0.25) is 29.5 Å². The number of rotatable bonds is 21. The summed E-state index contributed by atoms with van der Waals surface area (Å²) in [4.78, 5) is 76.7. The molecule has 17 heteroatoms. The molecule has 0 spiro atoms. The van der Waals surface area contributed by atoms with E-state index >= 15 is 0 Å². The van der Waals surface area contributed by atoms with Crippen LogP contribution in [0.4, 0.5) is 0 Å². The van der Waals surface area contributed by atoms with Gasteiger partial charge in [0, 0.05) is 5.75 Å². The van der Waals surface area contributed by atoms with Gasteiger partial charge in [-0.1, -0.05) is 20.3 Å². The lowest BCUT2D eigenvalue weighted by molar-refractivity contribution is -0.141. The number of hydrogen-bond acceptors (Lipinski definition) is 11. The molecule has 0 aromatic carbocycles. The van der Waals surface area contributed by atoms with E-state index in [0.717, 1.165) is 13.0 Å². The Kier molecular flexibility index (Phi) is 19.5. The lowest BCUT2D eigenvalue weighted by Crippen LogP contribution is -2.60. The second-order valence-corrected chi connectivity index (χ2v) is 12.9. The van der Waals surface area contributed by atoms with E-state index in [0.29, 0.717) is 24.3 Å². The largest absolute Gasteiger partial charge is 0.480 e. The molecule has 0 radical (unpaired) electrons. The average molecular weight is 681 g/mol.